The number of anilines is 1. The van der Waals surface area contributed by atoms with Crippen molar-refractivity contribution in [1.29, 1.82) is 0 Å². The summed E-state index contributed by atoms with van der Waals surface area (Å²) in [6.07, 6.45) is -0.0571. The van der Waals surface area contributed by atoms with Gasteiger partial charge in [0.25, 0.3) is 0 Å². The number of nitrogens with zero attached hydrogens (tertiary/aromatic N) is 6. The fraction of sp³-hybridized carbons (Fsp3) is 0.320. The molecular formula is C25H28N8. The van der Waals surface area contributed by atoms with Gasteiger partial charge in [-0.15, -0.1) is 0 Å². The van der Waals surface area contributed by atoms with Crippen LogP contribution in [0.15, 0.2) is 58.5 Å². The van der Waals surface area contributed by atoms with E-state index in [0.717, 1.165) is 46.8 Å². The minimum atomic E-state index is -0.0285. The van der Waals surface area contributed by atoms with Gasteiger partial charge in [-0.3, -0.25) is 20.6 Å². The largest absolute Gasteiger partial charge is 0.347 e. The summed E-state index contributed by atoms with van der Waals surface area (Å²) in [5.41, 5.74) is 6.29. The van der Waals surface area contributed by atoms with Gasteiger partial charge in [-0.2, -0.15) is 9.97 Å². The predicted octanol–water partition coefficient (Wildman–Crippen LogP) is 3.40. The fourth-order valence-electron chi connectivity index (χ4n) is 4.02. The lowest BCUT2D eigenvalue weighted by atomic mass is 10.1. The van der Waals surface area contributed by atoms with Crippen LogP contribution in [0, 0.1) is 0 Å². The maximum atomic E-state index is 4.86. The van der Waals surface area contributed by atoms with E-state index in [1.807, 2.05) is 57.1 Å². The summed E-state index contributed by atoms with van der Waals surface area (Å²) >= 11 is 0. The smallest absolute Gasteiger partial charge is 0.228 e. The van der Waals surface area contributed by atoms with Crippen LogP contribution >= 0.6 is 0 Å². The van der Waals surface area contributed by atoms with Crippen molar-refractivity contribution in [1.82, 2.24) is 25.6 Å². The van der Waals surface area contributed by atoms with E-state index in [1.165, 1.54) is 0 Å². The number of rotatable bonds is 5. The van der Waals surface area contributed by atoms with Crippen LogP contribution in [0.3, 0.4) is 0 Å². The average molecular weight is 441 g/mol. The number of hydrogen-bond donors (Lipinski definition) is 2. The van der Waals surface area contributed by atoms with Gasteiger partial charge in [-0.05, 0) is 37.1 Å². The third kappa shape index (κ3) is 4.53. The van der Waals surface area contributed by atoms with Crippen molar-refractivity contribution in [3.63, 3.8) is 0 Å². The van der Waals surface area contributed by atoms with Gasteiger partial charge in [0.15, 0.2) is 11.6 Å². The molecule has 1 aromatic heterocycles. The molecule has 0 saturated heterocycles. The van der Waals surface area contributed by atoms with Gasteiger partial charge in [0.05, 0.1) is 0 Å². The molecule has 0 radical (unpaired) electrons. The van der Waals surface area contributed by atoms with E-state index in [2.05, 4.69) is 44.9 Å². The molecule has 5 rings (SSSR count). The molecule has 0 bridgehead atoms. The van der Waals surface area contributed by atoms with Crippen LogP contribution in [0.25, 0.3) is 22.8 Å². The van der Waals surface area contributed by atoms with Crippen molar-refractivity contribution in [2.45, 2.75) is 26.2 Å². The fourth-order valence-corrected chi connectivity index (χ4v) is 4.02. The quantitative estimate of drug-likeness (QED) is 0.632. The van der Waals surface area contributed by atoms with Crippen molar-refractivity contribution < 1.29 is 0 Å². The maximum absolute atomic E-state index is 4.86. The van der Waals surface area contributed by atoms with Gasteiger partial charge in [0.2, 0.25) is 5.95 Å². The van der Waals surface area contributed by atoms with Crippen LogP contribution in [-0.2, 0) is 0 Å². The van der Waals surface area contributed by atoms with E-state index in [1.54, 1.807) is 0 Å². The molecule has 8 nitrogen and oxygen atoms in total. The molecule has 0 saturated carbocycles. The van der Waals surface area contributed by atoms with Gasteiger partial charge in [0, 0.05) is 49.7 Å². The van der Waals surface area contributed by atoms with Gasteiger partial charge in [-0.1, -0.05) is 36.4 Å². The molecule has 0 fully saturated rings. The van der Waals surface area contributed by atoms with Crippen LogP contribution in [0.5, 0.6) is 0 Å². The average Bonchev–Trinajstić information content (AvgIpc) is 3.47. The van der Waals surface area contributed by atoms with Gasteiger partial charge in [-0.25, -0.2) is 4.98 Å². The molecule has 0 aliphatic carbocycles. The lowest BCUT2D eigenvalue weighted by Gasteiger charge is -2.15. The molecule has 0 spiro atoms. The molecule has 0 amide bonds. The maximum Gasteiger partial charge on any atom is 0.228 e. The molecule has 2 aliphatic rings. The molecule has 168 valence electrons. The summed E-state index contributed by atoms with van der Waals surface area (Å²) in [7, 11) is 3.88. The Morgan fingerprint density at radius 2 is 1.21 bits per heavy atom. The van der Waals surface area contributed by atoms with Crippen molar-refractivity contribution in [2.75, 3.05) is 32.1 Å². The third-order valence-electron chi connectivity index (χ3n) is 5.75. The lowest BCUT2D eigenvalue weighted by Crippen LogP contribution is -2.16. The first-order valence-corrected chi connectivity index (χ1v) is 11.1. The first-order chi connectivity index (χ1) is 16.0. The van der Waals surface area contributed by atoms with E-state index in [0.29, 0.717) is 17.6 Å². The monoisotopic (exact) mass is 440 g/mol. The zero-order valence-electron chi connectivity index (χ0n) is 19.4. The van der Waals surface area contributed by atoms with Crippen molar-refractivity contribution in [3.8, 4) is 22.8 Å². The highest BCUT2D eigenvalue weighted by atomic mass is 15.2. The van der Waals surface area contributed by atoms with Crippen molar-refractivity contribution >= 4 is 17.4 Å². The topological polar surface area (TPSA) is 90.7 Å². The second kappa shape index (κ2) is 8.80. The standard InChI is InChI=1S/C25H28N8/c1-15-13-26-21(28-15)17-7-5-9-19(11-17)23-30-24(32-25(31-23)33(3)4)20-10-6-8-18(12-20)22-27-14-16(2)29-22/h5-12,21-22,26-27H,13-14H2,1-4H3. The summed E-state index contributed by atoms with van der Waals surface area (Å²) in [6.45, 7) is 5.71. The first kappa shape index (κ1) is 21.4. The normalized spacial score (nSPS) is 20.0. The number of aromatic nitrogens is 3. The van der Waals surface area contributed by atoms with E-state index in [9.17, 15) is 0 Å². The second-order valence-corrected chi connectivity index (χ2v) is 8.72. The Hall–Kier alpha value is -3.49. The Labute approximate surface area is 193 Å². The van der Waals surface area contributed by atoms with E-state index < -0.39 is 0 Å². The molecule has 2 aliphatic heterocycles. The molecule has 3 aromatic rings. The first-order valence-electron chi connectivity index (χ1n) is 11.1. The summed E-state index contributed by atoms with van der Waals surface area (Å²) in [4.78, 5) is 25.6. The lowest BCUT2D eigenvalue weighted by molar-refractivity contribution is 0.643. The minimum absolute atomic E-state index is 0.0285. The van der Waals surface area contributed by atoms with Crippen LogP contribution in [0.4, 0.5) is 5.95 Å². The second-order valence-electron chi connectivity index (χ2n) is 8.72. The van der Waals surface area contributed by atoms with Crippen LogP contribution in [0.1, 0.15) is 37.3 Å². The molecule has 2 unspecified atom stereocenters. The van der Waals surface area contributed by atoms with E-state index in [-0.39, 0.29) is 12.3 Å². The zero-order valence-corrected chi connectivity index (χ0v) is 19.4. The molecule has 3 heterocycles. The molecule has 2 N–H and O–H groups in total. The highest BCUT2D eigenvalue weighted by Crippen LogP contribution is 2.28. The number of benzene rings is 2. The molecule has 2 aromatic carbocycles. The Bertz CT molecular complexity index is 1160. The summed E-state index contributed by atoms with van der Waals surface area (Å²) < 4.78 is 0. The minimum Gasteiger partial charge on any atom is -0.347 e. The Kier molecular flexibility index (Phi) is 5.70. The van der Waals surface area contributed by atoms with E-state index >= 15 is 0 Å². The zero-order chi connectivity index (χ0) is 22.9. The number of aliphatic imine (C=N–C) groups is 2. The van der Waals surface area contributed by atoms with Gasteiger partial charge in [0.1, 0.15) is 12.3 Å². The molecule has 2 atom stereocenters. The van der Waals surface area contributed by atoms with Gasteiger partial charge >= 0.3 is 0 Å². The number of nitrogens with one attached hydrogen (secondary N) is 2. The van der Waals surface area contributed by atoms with E-state index in [4.69, 9.17) is 15.0 Å². The third-order valence-corrected chi connectivity index (χ3v) is 5.75. The summed E-state index contributed by atoms with van der Waals surface area (Å²) in [6, 6.07) is 16.5. The molecule has 8 heteroatoms. The molecular weight excluding hydrogens is 412 g/mol. The highest BCUT2D eigenvalue weighted by Gasteiger charge is 2.19. The molecule has 33 heavy (non-hydrogen) atoms. The van der Waals surface area contributed by atoms with Crippen LogP contribution in [0.2, 0.25) is 0 Å². The van der Waals surface area contributed by atoms with Crippen molar-refractivity contribution in [2.24, 2.45) is 9.98 Å². The number of hydrogen-bond acceptors (Lipinski definition) is 8. The predicted molar refractivity (Wildman–Crippen MR) is 133 cm³/mol. The van der Waals surface area contributed by atoms with Crippen molar-refractivity contribution in [3.05, 3.63) is 59.7 Å². The Balaban J connectivity index is 1.54. The highest BCUT2D eigenvalue weighted by molar-refractivity contribution is 5.86. The Morgan fingerprint density at radius 3 is 1.61 bits per heavy atom. The van der Waals surface area contributed by atoms with Crippen LogP contribution in [-0.4, -0.2) is 53.6 Å². The SMILES string of the molecule is CC1=NC(c2cccc(-c3nc(-c4cccc(C5N=C(C)CN5)c4)nc(N(C)C)n3)c2)NC1. The van der Waals surface area contributed by atoms with Crippen LogP contribution < -0.4 is 15.5 Å². The Morgan fingerprint density at radius 1 is 0.727 bits per heavy atom. The van der Waals surface area contributed by atoms with Gasteiger partial charge < -0.3 is 4.90 Å². The summed E-state index contributed by atoms with van der Waals surface area (Å²) in [5.74, 6) is 1.90. The summed E-state index contributed by atoms with van der Waals surface area (Å²) in [5, 5.41) is 6.85.